The van der Waals surface area contributed by atoms with Crippen LogP contribution in [0, 0.1) is 0 Å². The molecule has 0 saturated carbocycles. The minimum absolute atomic E-state index is 0.0632. The van der Waals surface area contributed by atoms with E-state index in [-0.39, 0.29) is 6.04 Å². The van der Waals surface area contributed by atoms with E-state index >= 15 is 0 Å². The fourth-order valence-electron chi connectivity index (χ4n) is 1.21. The van der Waals surface area contributed by atoms with E-state index in [0.717, 1.165) is 18.5 Å². The Hall–Kier alpha value is -1.27. The van der Waals surface area contributed by atoms with Crippen molar-refractivity contribution in [2.45, 2.75) is 18.9 Å². The predicted octanol–water partition coefficient (Wildman–Crippen LogP) is -0.170. The zero-order valence-electron chi connectivity index (χ0n) is 9.31. The first kappa shape index (κ1) is 12.8. The molecule has 0 spiro atoms. The van der Waals surface area contributed by atoms with Gasteiger partial charge in [-0.1, -0.05) is 0 Å². The average Bonchev–Trinajstić information content (AvgIpc) is 2.34. The molecule has 1 unspecified atom stereocenters. The maximum Gasteiger partial charge on any atom is 0.166 e. The molecule has 0 fully saturated rings. The fraction of sp³-hybridized carbons (Fsp3) is 0.500. The first-order chi connectivity index (χ1) is 7.72. The molecule has 1 aromatic rings. The minimum atomic E-state index is 0.0632. The molecule has 1 atom stereocenters. The summed E-state index contributed by atoms with van der Waals surface area (Å²) >= 11 is 4.95. The number of nitrogens with one attached hydrogen (secondary N) is 2. The van der Waals surface area contributed by atoms with Gasteiger partial charge in [0.05, 0.1) is 5.69 Å². The van der Waals surface area contributed by atoms with Crippen molar-refractivity contribution < 1.29 is 0 Å². The van der Waals surface area contributed by atoms with Gasteiger partial charge in [-0.05, 0) is 25.1 Å². The molecule has 0 bridgehead atoms. The van der Waals surface area contributed by atoms with Gasteiger partial charge < -0.3 is 16.4 Å². The van der Waals surface area contributed by atoms with Crippen molar-refractivity contribution in [3.63, 3.8) is 0 Å². The number of hydrogen-bond acceptors (Lipinski definition) is 4. The second-order valence-electron chi connectivity index (χ2n) is 3.46. The largest absolute Gasteiger partial charge is 0.366 e. The number of rotatable bonds is 5. The minimum Gasteiger partial charge on any atom is -0.366 e. The molecule has 0 aliphatic carbocycles. The van der Waals surface area contributed by atoms with Gasteiger partial charge in [-0.25, -0.2) is 0 Å². The molecule has 6 heteroatoms. The molecule has 16 heavy (non-hydrogen) atoms. The number of nitrogens with two attached hydrogens (primary N) is 1. The van der Waals surface area contributed by atoms with Crippen LogP contribution in [0.5, 0.6) is 0 Å². The van der Waals surface area contributed by atoms with Gasteiger partial charge in [0.1, 0.15) is 0 Å². The summed E-state index contributed by atoms with van der Waals surface area (Å²) in [6, 6.07) is 0.0632. The Bertz CT molecular complexity index is 316. The highest BCUT2D eigenvalue weighted by atomic mass is 32.1. The van der Waals surface area contributed by atoms with Gasteiger partial charge >= 0.3 is 0 Å². The molecule has 0 amide bonds. The molecular weight excluding hydrogens is 222 g/mol. The molecule has 1 aromatic heterocycles. The van der Waals surface area contributed by atoms with E-state index < -0.39 is 0 Å². The summed E-state index contributed by atoms with van der Waals surface area (Å²) < 4.78 is 0. The quantitative estimate of drug-likeness (QED) is 0.619. The topological polar surface area (TPSA) is 75.9 Å². The summed E-state index contributed by atoms with van der Waals surface area (Å²) in [6.45, 7) is 0.667. The van der Waals surface area contributed by atoms with E-state index in [1.54, 1.807) is 25.6 Å². The Kier molecular flexibility index (Phi) is 5.66. The van der Waals surface area contributed by atoms with E-state index in [9.17, 15) is 0 Å². The lowest BCUT2D eigenvalue weighted by molar-refractivity contribution is 0.590. The second-order valence-corrected chi connectivity index (χ2v) is 3.86. The SMILES string of the molecule is CNC(=S)NCC(N)CCc1cnccn1. The number of nitrogens with zero attached hydrogens (tertiary/aromatic N) is 2. The van der Waals surface area contributed by atoms with Crippen molar-refractivity contribution >= 4 is 17.3 Å². The van der Waals surface area contributed by atoms with Crippen LogP contribution in [0.3, 0.4) is 0 Å². The number of aryl methyl sites for hydroxylation is 1. The first-order valence-corrected chi connectivity index (χ1v) is 5.59. The molecule has 0 aliphatic rings. The average molecular weight is 239 g/mol. The van der Waals surface area contributed by atoms with Gasteiger partial charge in [0, 0.05) is 38.2 Å². The Morgan fingerprint density at radius 3 is 3.00 bits per heavy atom. The Morgan fingerprint density at radius 1 is 1.56 bits per heavy atom. The summed E-state index contributed by atoms with van der Waals surface area (Å²) in [4.78, 5) is 8.19. The van der Waals surface area contributed by atoms with Crippen LogP contribution < -0.4 is 16.4 Å². The summed E-state index contributed by atoms with van der Waals surface area (Å²) in [5.41, 5.74) is 6.89. The van der Waals surface area contributed by atoms with Crippen LogP contribution in [0.15, 0.2) is 18.6 Å². The van der Waals surface area contributed by atoms with Crippen molar-refractivity contribution in [1.29, 1.82) is 0 Å². The van der Waals surface area contributed by atoms with E-state index in [1.165, 1.54) is 0 Å². The monoisotopic (exact) mass is 239 g/mol. The van der Waals surface area contributed by atoms with Gasteiger partial charge in [0.25, 0.3) is 0 Å². The third-order valence-corrected chi connectivity index (χ3v) is 2.49. The number of hydrogen-bond donors (Lipinski definition) is 3. The standard InChI is InChI=1S/C10H17N5S/c1-12-10(16)15-6-8(11)2-3-9-7-13-4-5-14-9/h4-5,7-8H,2-3,6,11H2,1H3,(H2,12,15,16). The molecule has 0 radical (unpaired) electrons. The van der Waals surface area contributed by atoms with Gasteiger partial charge in [-0.3, -0.25) is 9.97 Å². The highest BCUT2D eigenvalue weighted by molar-refractivity contribution is 7.80. The van der Waals surface area contributed by atoms with Crippen molar-refractivity contribution in [1.82, 2.24) is 20.6 Å². The van der Waals surface area contributed by atoms with Crippen molar-refractivity contribution in [2.24, 2.45) is 5.73 Å². The normalized spacial score (nSPS) is 11.9. The van der Waals surface area contributed by atoms with E-state index in [0.29, 0.717) is 11.7 Å². The molecular formula is C10H17N5S. The number of thiocarbonyl (C=S) groups is 1. The maximum absolute atomic E-state index is 5.93. The lowest BCUT2D eigenvalue weighted by Crippen LogP contribution is -2.41. The van der Waals surface area contributed by atoms with Crippen LogP contribution in [-0.2, 0) is 6.42 Å². The molecule has 0 aliphatic heterocycles. The van der Waals surface area contributed by atoms with Crippen LogP contribution in [-0.4, -0.2) is 34.7 Å². The third kappa shape index (κ3) is 4.99. The molecule has 1 heterocycles. The molecule has 4 N–H and O–H groups in total. The summed E-state index contributed by atoms with van der Waals surface area (Å²) in [7, 11) is 1.78. The van der Waals surface area contributed by atoms with E-state index in [2.05, 4.69) is 20.6 Å². The zero-order chi connectivity index (χ0) is 11.8. The van der Waals surface area contributed by atoms with E-state index in [1.807, 2.05) is 0 Å². The van der Waals surface area contributed by atoms with Crippen LogP contribution in [0.4, 0.5) is 0 Å². The summed E-state index contributed by atoms with van der Waals surface area (Å²) in [6.07, 6.45) is 6.81. The predicted molar refractivity (Wildman–Crippen MR) is 68.0 cm³/mol. The molecule has 5 nitrogen and oxygen atoms in total. The van der Waals surface area contributed by atoms with Gasteiger partial charge in [-0.2, -0.15) is 0 Å². The van der Waals surface area contributed by atoms with Crippen LogP contribution in [0.25, 0.3) is 0 Å². The van der Waals surface area contributed by atoms with Crippen LogP contribution in [0.1, 0.15) is 12.1 Å². The maximum atomic E-state index is 5.93. The number of aromatic nitrogens is 2. The third-order valence-electron chi connectivity index (χ3n) is 2.14. The van der Waals surface area contributed by atoms with Gasteiger partial charge in [0.15, 0.2) is 5.11 Å². The zero-order valence-corrected chi connectivity index (χ0v) is 10.1. The Balaban J connectivity index is 2.20. The second kappa shape index (κ2) is 7.08. The van der Waals surface area contributed by atoms with Crippen LogP contribution in [0.2, 0.25) is 0 Å². The smallest absolute Gasteiger partial charge is 0.166 e. The first-order valence-electron chi connectivity index (χ1n) is 5.18. The highest BCUT2D eigenvalue weighted by Gasteiger charge is 2.04. The van der Waals surface area contributed by atoms with Crippen LogP contribution >= 0.6 is 12.2 Å². The molecule has 0 saturated heterocycles. The summed E-state index contributed by atoms with van der Waals surface area (Å²) in [5, 5.41) is 6.48. The highest BCUT2D eigenvalue weighted by Crippen LogP contribution is 1.98. The Morgan fingerprint density at radius 2 is 2.38 bits per heavy atom. The molecule has 1 rings (SSSR count). The Labute approximate surface area is 101 Å². The lowest BCUT2D eigenvalue weighted by Gasteiger charge is -2.13. The van der Waals surface area contributed by atoms with Crippen molar-refractivity contribution in [3.8, 4) is 0 Å². The van der Waals surface area contributed by atoms with Gasteiger partial charge in [0.2, 0.25) is 0 Å². The molecule has 88 valence electrons. The van der Waals surface area contributed by atoms with Gasteiger partial charge in [-0.15, -0.1) is 0 Å². The van der Waals surface area contributed by atoms with E-state index in [4.69, 9.17) is 18.0 Å². The summed E-state index contributed by atoms with van der Waals surface area (Å²) in [5.74, 6) is 0. The van der Waals surface area contributed by atoms with Crippen molar-refractivity contribution in [2.75, 3.05) is 13.6 Å². The fourth-order valence-corrected chi connectivity index (χ4v) is 1.29. The lowest BCUT2D eigenvalue weighted by atomic mass is 10.1. The van der Waals surface area contributed by atoms with Crippen molar-refractivity contribution in [3.05, 3.63) is 24.3 Å². The molecule has 0 aromatic carbocycles.